The molecule has 0 fully saturated rings. The topological polar surface area (TPSA) is 9.72 Å². The zero-order valence-electron chi connectivity index (χ0n) is 49.2. The molecule has 0 spiro atoms. The summed E-state index contributed by atoms with van der Waals surface area (Å²) in [6.07, 6.45) is 1.11. The van der Waals surface area contributed by atoms with Crippen LogP contribution in [0.15, 0.2) is 170 Å². The highest BCUT2D eigenvalue weighted by atomic mass is 32.1. The largest absolute Gasteiger partial charge is 0.311 e. The Labute approximate surface area is 471 Å². The summed E-state index contributed by atoms with van der Waals surface area (Å²) in [4.78, 5) is 7.86. The van der Waals surface area contributed by atoms with Crippen LogP contribution in [0.2, 0.25) is 0 Å². The number of thiophene rings is 1. The predicted molar refractivity (Wildman–Crippen MR) is 341 cm³/mol. The summed E-state index contributed by atoms with van der Waals surface area (Å²) in [5.41, 5.74) is 23.9. The van der Waals surface area contributed by atoms with Gasteiger partial charge in [-0.2, -0.15) is 0 Å². The summed E-state index contributed by atoms with van der Waals surface area (Å²) in [6, 6.07) is 66.1. The van der Waals surface area contributed by atoms with Crippen molar-refractivity contribution < 1.29 is 0 Å². The first-order valence-electron chi connectivity index (χ1n) is 28.5. The van der Waals surface area contributed by atoms with Gasteiger partial charge in [-0.3, -0.25) is 0 Å². The lowest BCUT2D eigenvalue weighted by molar-refractivity contribution is 0.403. The van der Waals surface area contributed by atoms with Crippen molar-refractivity contribution in [3.05, 3.63) is 203 Å². The van der Waals surface area contributed by atoms with Gasteiger partial charge >= 0.3 is 0 Å². The fraction of sp³-hybridized carbons (Fsp3) is 0.315. The van der Waals surface area contributed by atoms with Crippen molar-refractivity contribution in [3.8, 4) is 11.1 Å². The first kappa shape index (κ1) is 51.9. The quantitative estimate of drug-likeness (QED) is 0.154. The number of nitrogens with zero attached hydrogens (tertiary/aromatic N) is 3. The highest BCUT2D eigenvalue weighted by Crippen LogP contribution is 2.55. The van der Waals surface area contributed by atoms with Gasteiger partial charge in [0.05, 0.1) is 17.1 Å². The predicted octanol–water partition coefficient (Wildman–Crippen LogP) is 19.3. The smallest absolute Gasteiger partial charge is 0.264 e. The molecular weight excluding hydrogens is 962 g/mol. The standard InChI is InChI=1S/C73H78BN3S/c1-68(2,3)47-29-27-46(28-30-47)55-39-48(69(4,5)6)32-37-60(55)77-61-41-50(71(10,11)12)31-36-59(61)74-65-62(43-54(44-63(65)77)75(51-23-19-17-20-24-51)52-25-21-18-22-26-52)76(53-34-35-57-58(42-53)73(15,16)45-72(57,13)14)66-56-40-49(70(7,8)9)33-38-64(56)78-67(66)74/h17-44H,45H2,1-16H3. The molecule has 1 aromatic heterocycles. The number of fused-ring (bicyclic) bond motifs is 7. The second-order valence-electron chi connectivity index (χ2n) is 28.3. The van der Waals surface area contributed by atoms with Crippen LogP contribution in [0.3, 0.4) is 0 Å². The van der Waals surface area contributed by atoms with E-state index in [-0.39, 0.29) is 39.2 Å². The zero-order chi connectivity index (χ0) is 55.2. The molecule has 3 heterocycles. The molecule has 3 aliphatic rings. The van der Waals surface area contributed by atoms with Crippen LogP contribution in [-0.4, -0.2) is 6.71 Å². The number of rotatable bonds is 6. The molecule has 1 aliphatic carbocycles. The highest BCUT2D eigenvalue weighted by Gasteiger charge is 2.48. The van der Waals surface area contributed by atoms with Gasteiger partial charge in [-0.15, -0.1) is 11.3 Å². The summed E-state index contributed by atoms with van der Waals surface area (Å²) >= 11 is 1.99. The number of anilines is 9. The minimum Gasteiger partial charge on any atom is -0.311 e. The summed E-state index contributed by atoms with van der Waals surface area (Å²) < 4.78 is 2.71. The van der Waals surface area contributed by atoms with Crippen molar-refractivity contribution >= 4 is 95.0 Å². The molecule has 2 aliphatic heterocycles. The van der Waals surface area contributed by atoms with E-state index in [0.717, 1.165) is 23.5 Å². The minimum atomic E-state index is -0.0987. The minimum absolute atomic E-state index is 0.00596. The Morgan fingerprint density at radius 2 is 0.974 bits per heavy atom. The third kappa shape index (κ3) is 8.62. The molecular formula is C73H78BN3S. The van der Waals surface area contributed by atoms with Crippen LogP contribution in [0.25, 0.3) is 21.2 Å². The SMILES string of the molecule is CC(C)(C)c1ccc(-c2cc(C(C)(C)C)ccc2N2c3cc(C(C)(C)C)ccc3B3c4sc5ccc(C(C)(C)C)cc5c4N(c4ccc5c(c4)C(C)(C)CC5(C)C)c4cc(N(c5ccccc5)c5ccccc5)cc2c43)cc1. The van der Waals surface area contributed by atoms with Crippen molar-refractivity contribution in [2.75, 3.05) is 14.7 Å². The Kier molecular flexibility index (Phi) is 11.9. The fourth-order valence-electron chi connectivity index (χ4n) is 13.4. The number of para-hydroxylation sites is 2. The lowest BCUT2D eigenvalue weighted by atomic mass is 9.36. The maximum absolute atomic E-state index is 2.71. The molecule has 0 saturated carbocycles. The molecule has 0 atom stereocenters. The molecule has 78 heavy (non-hydrogen) atoms. The van der Waals surface area contributed by atoms with E-state index in [9.17, 15) is 0 Å². The van der Waals surface area contributed by atoms with Crippen LogP contribution >= 0.6 is 11.3 Å². The van der Waals surface area contributed by atoms with Gasteiger partial charge in [-0.05, 0) is 168 Å². The summed E-state index contributed by atoms with van der Waals surface area (Å²) in [6.45, 7) is 37.8. The van der Waals surface area contributed by atoms with Gasteiger partial charge in [0, 0.05) is 54.6 Å². The summed E-state index contributed by atoms with van der Waals surface area (Å²) in [7, 11) is 0. The van der Waals surface area contributed by atoms with Crippen molar-refractivity contribution in [1.82, 2.24) is 0 Å². The van der Waals surface area contributed by atoms with Crippen molar-refractivity contribution in [1.29, 1.82) is 0 Å². The third-order valence-electron chi connectivity index (χ3n) is 17.4. The molecule has 0 unspecified atom stereocenters. The molecule has 0 radical (unpaired) electrons. The number of hydrogen-bond acceptors (Lipinski definition) is 4. The molecule has 0 N–H and O–H groups in total. The van der Waals surface area contributed by atoms with Gasteiger partial charge in [0.25, 0.3) is 6.71 Å². The maximum atomic E-state index is 2.71. The van der Waals surface area contributed by atoms with E-state index in [1.807, 2.05) is 11.3 Å². The van der Waals surface area contributed by atoms with Crippen LogP contribution in [0.1, 0.15) is 151 Å². The normalized spacial score (nSPS) is 15.5. The lowest BCUT2D eigenvalue weighted by Gasteiger charge is -2.45. The van der Waals surface area contributed by atoms with Crippen LogP contribution in [0, 0.1) is 0 Å². The number of hydrogen-bond donors (Lipinski definition) is 0. The molecule has 5 heteroatoms. The maximum Gasteiger partial charge on any atom is 0.264 e. The van der Waals surface area contributed by atoms with Crippen LogP contribution in [-0.2, 0) is 32.5 Å². The molecule has 0 amide bonds. The van der Waals surface area contributed by atoms with Gasteiger partial charge in [0.1, 0.15) is 0 Å². The average Bonchev–Trinajstić information content (AvgIpc) is 2.68. The summed E-state index contributed by atoms with van der Waals surface area (Å²) in [5, 5.41) is 1.32. The molecule has 3 nitrogen and oxygen atoms in total. The Bertz CT molecular complexity index is 3780. The Hall–Kier alpha value is -6.82. The van der Waals surface area contributed by atoms with Gasteiger partial charge < -0.3 is 14.7 Å². The Morgan fingerprint density at radius 3 is 1.58 bits per heavy atom. The average molecular weight is 1040 g/mol. The van der Waals surface area contributed by atoms with Crippen LogP contribution in [0.4, 0.5) is 51.2 Å². The van der Waals surface area contributed by atoms with Crippen LogP contribution in [0.5, 0.6) is 0 Å². The van der Waals surface area contributed by atoms with E-state index < -0.39 is 0 Å². The third-order valence-corrected chi connectivity index (χ3v) is 18.7. The van der Waals surface area contributed by atoms with E-state index >= 15 is 0 Å². The van der Waals surface area contributed by atoms with Gasteiger partial charge in [0.15, 0.2) is 0 Å². The van der Waals surface area contributed by atoms with Gasteiger partial charge in [0.2, 0.25) is 0 Å². The van der Waals surface area contributed by atoms with E-state index in [4.69, 9.17) is 0 Å². The molecule has 0 saturated heterocycles. The lowest BCUT2D eigenvalue weighted by Crippen LogP contribution is -2.60. The summed E-state index contributed by atoms with van der Waals surface area (Å²) in [5.74, 6) is 0. The monoisotopic (exact) mass is 1040 g/mol. The second kappa shape index (κ2) is 17.9. The van der Waals surface area contributed by atoms with E-state index in [1.54, 1.807) is 0 Å². The van der Waals surface area contributed by atoms with Crippen LogP contribution < -0.4 is 30.4 Å². The zero-order valence-corrected chi connectivity index (χ0v) is 50.0. The number of benzene rings is 8. The highest BCUT2D eigenvalue weighted by molar-refractivity contribution is 7.33. The van der Waals surface area contributed by atoms with E-state index in [2.05, 4.69) is 295 Å². The van der Waals surface area contributed by atoms with E-state index in [0.29, 0.717) is 0 Å². The van der Waals surface area contributed by atoms with Gasteiger partial charge in [-0.25, -0.2) is 0 Å². The van der Waals surface area contributed by atoms with E-state index in [1.165, 1.54) is 104 Å². The molecule has 12 rings (SSSR count). The Morgan fingerprint density at radius 1 is 0.449 bits per heavy atom. The molecule has 0 bridgehead atoms. The molecule has 394 valence electrons. The Balaban J connectivity index is 1.26. The first-order valence-corrected chi connectivity index (χ1v) is 29.3. The fourth-order valence-corrected chi connectivity index (χ4v) is 14.6. The van der Waals surface area contributed by atoms with Crippen molar-refractivity contribution in [2.45, 2.75) is 150 Å². The first-order chi connectivity index (χ1) is 36.7. The second-order valence-corrected chi connectivity index (χ2v) is 29.4. The van der Waals surface area contributed by atoms with Crippen molar-refractivity contribution in [3.63, 3.8) is 0 Å². The van der Waals surface area contributed by atoms with Crippen molar-refractivity contribution in [2.24, 2.45) is 0 Å². The molecule has 8 aromatic carbocycles. The molecule has 9 aromatic rings. The van der Waals surface area contributed by atoms with Gasteiger partial charge in [-0.1, -0.05) is 202 Å².